The summed E-state index contributed by atoms with van der Waals surface area (Å²) in [6.45, 7) is 6.42. The zero-order chi connectivity index (χ0) is 24.0. The Morgan fingerprint density at radius 3 is 2.94 bits per heavy atom. The monoisotopic (exact) mass is 464 g/mol. The smallest absolute Gasteiger partial charge is 0.302 e. The lowest BCUT2D eigenvalue weighted by Crippen LogP contribution is -2.41. The Bertz CT molecular complexity index is 1460. The first-order valence-corrected chi connectivity index (χ1v) is 10.6. The lowest BCUT2D eigenvalue weighted by Gasteiger charge is -2.33. The van der Waals surface area contributed by atoms with Crippen molar-refractivity contribution in [3.63, 3.8) is 0 Å². The van der Waals surface area contributed by atoms with E-state index in [4.69, 9.17) is 10.2 Å². The molecule has 5 rings (SSSR count). The third-order valence-electron chi connectivity index (χ3n) is 5.70. The maximum absolute atomic E-state index is 13.5. The highest BCUT2D eigenvalue weighted by Gasteiger charge is 2.30. The molecule has 1 fully saturated rings. The molecular weight excluding hydrogens is 443 g/mol. The number of halogens is 1. The first-order chi connectivity index (χ1) is 16.3. The highest BCUT2D eigenvalue weighted by Crippen LogP contribution is 2.29. The molecule has 0 saturated carbocycles. The van der Waals surface area contributed by atoms with Crippen LogP contribution in [-0.2, 0) is 4.79 Å². The lowest BCUT2D eigenvalue weighted by atomic mass is 10.1. The van der Waals surface area contributed by atoms with Crippen LogP contribution in [-0.4, -0.2) is 54.5 Å². The highest BCUT2D eigenvalue weighted by atomic mass is 19.1. The Hall–Kier alpha value is -4.35. The third-order valence-corrected chi connectivity index (χ3v) is 5.70. The summed E-state index contributed by atoms with van der Waals surface area (Å²) >= 11 is 0. The molecule has 0 aliphatic carbocycles. The van der Waals surface area contributed by atoms with Crippen LogP contribution in [0.25, 0.3) is 22.1 Å². The quantitative estimate of drug-likeness (QED) is 0.439. The van der Waals surface area contributed by atoms with E-state index < -0.39 is 11.7 Å². The highest BCUT2D eigenvalue weighted by molar-refractivity contribution is 6.12. The van der Waals surface area contributed by atoms with E-state index in [-0.39, 0.29) is 40.4 Å². The molecule has 1 saturated heterocycles. The van der Waals surface area contributed by atoms with E-state index in [1.807, 2.05) is 0 Å². The van der Waals surface area contributed by atoms with Crippen molar-refractivity contribution in [3.05, 3.63) is 48.2 Å². The Morgan fingerprint density at radius 2 is 2.15 bits per heavy atom. The molecule has 1 aliphatic heterocycles. The van der Waals surface area contributed by atoms with Gasteiger partial charge in [-0.05, 0) is 31.9 Å². The number of nitrogens with zero attached hydrogens (tertiary/aromatic N) is 6. The fraction of sp³-hybridized carbons (Fsp3) is 0.273. The molecule has 0 radical (unpaired) electrons. The molecule has 11 nitrogen and oxygen atoms in total. The molecule has 0 bridgehead atoms. The van der Waals surface area contributed by atoms with Crippen LogP contribution >= 0.6 is 0 Å². The normalized spacial score (nSPS) is 16.2. The van der Waals surface area contributed by atoms with E-state index in [2.05, 4.69) is 31.9 Å². The molecule has 0 spiro atoms. The van der Waals surface area contributed by atoms with E-state index in [0.717, 1.165) is 12.8 Å². The minimum atomic E-state index is -0.636. The first kappa shape index (κ1) is 21.5. The number of nitrogens with two attached hydrogens (primary N) is 1. The number of anilines is 2. The molecule has 4 aromatic rings. The van der Waals surface area contributed by atoms with Crippen molar-refractivity contribution in [1.29, 1.82) is 0 Å². The average molecular weight is 464 g/mol. The number of benzene rings is 1. The zero-order valence-corrected chi connectivity index (χ0v) is 18.3. The van der Waals surface area contributed by atoms with Crippen molar-refractivity contribution in [1.82, 2.24) is 29.6 Å². The first-order valence-electron chi connectivity index (χ1n) is 10.6. The van der Waals surface area contributed by atoms with Gasteiger partial charge in [-0.25, -0.2) is 19.0 Å². The van der Waals surface area contributed by atoms with Gasteiger partial charge in [0.15, 0.2) is 16.9 Å². The van der Waals surface area contributed by atoms with Gasteiger partial charge in [-0.15, -0.1) is 0 Å². The van der Waals surface area contributed by atoms with Crippen LogP contribution in [0.5, 0.6) is 0 Å². The number of nitrogen functional groups attached to an aromatic ring is 1. The molecule has 1 aromatic carbocycles. The molecular formula is C22H21FN8O3. The van der Waals surface area contributed by atoms with Gasteiger partial charge in [0.25, 0.3) is 5.91 Å². The number of carbonyl (C=O) groups is 2. The van der Waals surface area contributed by atoms with Gasteiger partial charge in [-0.1, -0.05) is 6.58 Å². The standard InChI is InChI=1S/C22H21FN8O3/c1-11(2)21(33)30-7-3-4-13(9-30)31-19-16(18(24)25-10-26-19)17(29-31)20(32)28-22-27-14-8-12(23)5-6-15(14)34-22/h5-6,8,10,13H,1,3-4,7,9H2,2H3,(H2,24,25,26)(H,27,28,32). The number of likely N-dealkylation sites (tertiary alicyclic amines) is 1. The second kappa shape index (κ2) is 8.21. The van der Waals surface area contributed by atoms with Gasteiger partial charge in [0, 0.05) is 24.7 Å². The van der Waals surface area contributed by atoms with Gasteiger partial charge in [-0.2, -0.15) is 10.1 Å². The van der Waals surface area contributed by atoms with E-state index in [9.17, 15) is 14.0 Å². The lowest BCUT2D eigenvalue weighted by molar-refractivity contribution is -0.128. The van der Waals surface area contributed by atoms with Crippen LogP contribution in [0.3, 0.4) is 0 Å². The molecule has 1 unspecified atom stereocenters. The predicted octanol–water partition coefficient (Wildman–Crippen LogP) is 2.68. The number of piperidine rings is 1. The number of hydrogen-bond donors (Lipinski definition) is 2. The maximum Gasteiger partial charge on any atom is 0.302 e. The fourth-order valence-corrected chi connectivity index (χ4v) is 4.13. The van der Waals surface area contributed by atoms with Gasteiger partial charge in [-0.3, -0.25) is 14.9 Å². The number of amides is 2. The van der Waals surface area contributed by atoms with Gasteiger partial charge in [0.1, 0.15) is 23.5 Å². The maximum atomic E-state index is 13.5. The van der Waals surface area contributed by atoms with Crippen molar-refractivity contribution in [2.75, 3.05) is 24.1 Å². The van der Waals surface area contributed by atoms with Crippen LogP contribution in [0.4, 0.5) is 16.2 Å². The van der Waals surface area contributed by atoms with Crippen molar-refractivity contribution >= 4 is 45.8 Å². The molecule has 4 heterocycles. The Kier molecular flexibility index (Phi) is 5.19. The second-order valence-electron chi connectivity index (χ2n) is 8.16. The molecule has 1 atom stereocenters. The number of hydrogen-bond acceptors (Lipinski definition) is 8. The summed E-state index contributed by atoms with van der Waals surface area (Å²) in [7, 11) is 0. The molecule has 2 amide bonds. The van der Waals surface area contributed by atoms with Gasteiger partial charge in [0.2, 0.25) is 5.91 Å². The molecule has 3 aromatic heterocycles. The topological polar surface area (TPSA) is 145 Å². The summed E-state index contributed by atoms with van der Waals surface area (Å²) in [6, 6.07) is 3.52. The molecule has 3 N–H and O–H groups in total. The Morgan fingerprint density at radius 1 is 1.32 bits per heavy atom. The van der Waals surface area contributed by atoms with Gasteiger partial charge in [0.05, 0.1) is 11.4 Å². The number of oxazole rings is 1. The minimum Gasteiger partial charge on any atom is -0.423 e. The average Bonchev–Trinajstić information content (AvgIpc) is 3.40. The van der Waals surface area contributed by atoms with Crippen LogP contribution in [0.2, 0.25) is 0 Å². The van der Waals surface area contributed by atoms with Crippen molar-refractivity contribution in [3.8, 4) is 0 Å². The van der Waals surface area contributed by atoms with E-state index in [1.165, 1.54) is 24.5 Å². The van der Waals surface area contributed by atoms with Crippen LogP contribution in [0.1, 0.15) is 36.3 Å². The van der Waals surface area contributed by atoms with Crippen LogP contribution in [0, 0.1) is 5.82 Å². The van der Waals surface area contributed by atoms with Crippen molar-refractivity contribution in [2.24, 2.45) is 0 Å². The van der Waals surface area contributed by atoms with E-state index >= 15 is 0 Å². The summed E-state index contributed by atoms with van der Waals surface area (Å²) < 4.78 is 20.6. The van der Waals surface area contributed by atoms with Crippen LogP contribution in [0.15, 0.2) is 41.1 Å². The summed E-state index contributed by atoms with van der Waals surface area (Å²) in [5.74, 6) is -1.14. The van der Waals surface area contributed by atoms with Crippen molar-refractivity contribution < 1.29 is 18.4 Å². The number of aromatic nitrogens is 5. The molecule has 1 aliphatic rings. The summed E-state index contributed by atoms with van der Waals surface area (Å²) in [6.07, 6.45) is 2.79. The van der Waals surface area contributed by atoms with Crippen LogP contribution < -0.4 is 11.1 Å². The largest absolute Gasteiger partial charge is 0.423 e. The number of rotatable bonds is 4. The van der Waals surface area contributed by atoms with E-state index in [0.29, 0.717) is 29.9 Å². The fourth-order valence-electron chi connectivity index (χ4n) is 4.13. The minimum absolute atomic E-state index is 0.00936. The number of carbonyl (C=O) groups excluding carboxylic acids is 2. The predicted molar refractivity (Wildman–Crippen MR) is 121 cm³/mol. The van der Waals surface area contributed by atoms with Gasteiger partial charge < -0.3 is 15.1 Å². The summed E-state index contributed by atoms with van der Waals surface area (Å²) in [5, 5.41) is 7.33. The van der Waals surface area contributed by atoms with Gasteiger partial charge >= 0.3 is 6.01 Å². The summed E-state index contributed by atoms with van der Waals surface area (Å²) in [5.41, 5.74) is 7.49. The summed E-state index contributed by atoms with van der Waals surface area (Å²) in [4.78, 5) is 39.7. The molecule has 34 heavy (non-hydrogen) atoms. The molecule has 12 heteroatoms. The zero-order valence-electron chi connectivity index (χ0n) is 18.3. The SMILES string of the molecule is C=C(C)C(=O)N1CCCC(n2nc(C(=O)Nc3nc4cc(F)ccc4o3)c3c(N)ncnc32)C1. The Labute approximate surface area is 192 Å². The number of nitrogens with one attached hydrogen (secondary N) is 1. The molecule has 174 valence electrons. The van der Waals surface area contributed by atoms with Crippen molar-refractivity contribution in [2.45, 2.75) is 25.8 Å². The third kappa shape index (κ3) is 3.72. The Balaban J connectivity index is 1.49. The van der Waals surface area contributed by atoms with E-state index in [1.54, 1.807) is 16.5 Å². The number of fused-ring (bicyclic) bond motifs is 2. The second-order valence-corrected chi connectivity index (χ2v) is 8.16.